The van der Waals surface area contributed by atoms with Gasteiger partial charge < -0.3 is 4.74 Å². The number of carbonyl (C=O) groups is 1. The van der Waals surface area contributed by atoms with E-state index in [0.29, 0.717) is 24.6 Å². The summed E-state index contributed by atoms with van der Waals surface area (Å²) in [4.78, 5) is 14.2. The van der Waals surface area contributed by atoms with Crippen LogP contribution < -0.4 is 0 Å². The Morgan fingerprint density at radius 2 is 2.00 bits per heavy atom. The number of likely N-dealkylation sites (tertiary alicyclic amines) is 1. The Bertz CT molecular complexity index is 824. The summed E-state index contributed by atoms with van der Waals surface area (Å²) in [6, 6.07) is 6.19. The lowest BCUT2D eigenvalue weighted by molar-refractivity contribution is -0.150. The van der Waals surface area contributed by atoms with E-state index in [-0.39, 0.29) is 11.9 Å². The number of carbonyl (C=O) groups excluding carboxylic acids is 1. The van der Waals surface area contributed by atoms with Gasteiger partial charge in [0.05, 0.1) is 24.9 Å². The largest absolute Gasteiger partial charge is 0.466 e. The highest BCUT2D eigenvalue weighted by Crippen LogP contribution is 2.19. The quantitative estimate of drug-likeness (QED) is 0.591. The highest BCUT2D eigenvalue weighted by molar-refractivity contribution is 7.71. The summed E-state index contributed by atoms with van der Waals surface area (Å²) in [7, 11) is 0. The van der Waals surface area contributed by atoms with Gasteiger partial charge in [0.25, 0.3) is 0 Å². The third-order valence-corrected chi connectivity index (χ3v) is 4.93. The third kappa shape index (κ3) is 4.19. The summed E-state index contributed by atoms with van der Waals surface area (Å²) in [5, 5.41) is 8.44. The van der Waals surface area contributed by atoms with Crippen molar-refractivity contribution in [2.45, 2.75) is 40.3 Å². The fourth-order valence-corrected chi connectivity index (χ4v) is 3.66. The molecule has 0 spiro atoms. The summed E-state index contributed by atoms with van der Waals surface area (Å²) in [5.74, 6) is -0.188. The number of hydrogen-bond acceptors (Lipinski definition) is 6. The number of hydrogen-bond donors (Lipinski definition) is 0. The van der Waals surface area contributed by atoms with E-state index in [2.05, 4.69) is 21.4 Å². The first-order valence-electron chi connectivity index (χ1n) is 8.98. The van der Waals surface area contributed by atoms with Crippen LogP contribution in [0.4, 0.5) is 0 Å². The van der Waals surface area contributed by atoms with E-state index in [9.17, 15) is 4.79 Å². The van der Waals surface area contributed by atoms with Crippen LogP contribution in [0, 0.1) is 24.5 Å². The molecule has 1 aliphatic heterocycles. The van der Waals surface area contributed by atoms with Crippen molar-refractivity contribution in [2.75, 3.05) is 19.7 Å². The molecule has 1 aromatic heterocycles. The number of aromatic nitrogens is 4. The van der Waals surface area contributed by atoms with Gasteiger partial charge in [0.15, 0.2) is 0 Å². The third-order valence-electron chi connectivity index (χ3n) is 4.55. The summed E-state index contributed by atoms with van der Waals surface area (Å²) in [6.45, 7) is 8.46. The van der Waals surface area contributed by atoms with Crippen molar-refractivity contribution >= 4 is 18.2 Å². The van der Waals surface area contributed by atoms with Gasteiger partial charge in [0, 0.05) is 6.54 Å². The van der Waals surface area contributed by atoms with E-state index in [1.807, 2.05) is 32.9 Å². The SMILES string of the molecule is CCOC(=O)[C@H]1CCCN(Cn2nnn(-c3cc(C)cc(C)c3)c2=S)C1. The maximum absolute atomic E-state index is 12.0. The predicted molar refractivity (Wildman–Crippen MR) is 101 cm³/mol. The lowest BCUT2D eigenvalue weighted by atomic mass is 9.99. The molecule has 1 atom stereocenters. The summed E-state index contributed by atoms with van der Waals surface area (Å²) in [6.07, 6.45) is 1.83. The first-order valence-corrected chi connectivity index (χ1v) is 9.39. The number of benzene rings is 1. The molecule has 2 heterocycles. The molecule has 140 valence electrons. The molecule has 0 N–H and O–H groups in total. The lowest BCUT2D eigenvalue weighted by Gasteiger charge is -2.30. The van der Waals surface area contributed by atoms with Gasteiger partial charge in [-0.05, 0) is 86.1 Å². The molecule has 0 amide bonds. The zero-order valence-electron chi connectivity index (χ0n) is 15.5. The lowest BCUT2D eigenvalue weighted by Crippen LogP contribution is -2.40. The van der Waals surface area contributed by atoms with Crippen LogP contribution in [0.3, 0.4) is 0 Å². The zero-order chi connectivity index (χ0) is 18.7. The normalized spacial score (nSPS) is 18.0. The van der Waals surface area contributed by atoms with Crippen molar-refractivity contribution in [3.8, 4) is 5.69 Å². The van der Waals surface area contributed by atoms with Gasteiger partial charge in [-0.3, -0.25) is 9.69 Å². The van der Waals surface area contributed by atoms with Gasteiger partial charge in [-0.1, -0.05) is 6.07 Å². The summed E-state index contributed by atoms with van der Waals surface area (Å²) >= 11 is 5.57. The smallest absolute Gasteiger partial charge is 0.310 e. The van der Waals surface area contributed by atoms with Crippen LogP contribution in [0.1, 0.15) is 30.9 Å². The van der Waals surface area contributed by atoms with Crippen LogP contribution in [0.5, 0.6) is 0 Å². The van der Waals surface area contributed by atoms with Crippen molar-refractivity contribution in [2.24, 2.45) is 5.92 Å². The van der Waals surface area contributed by atoms with E-state index in [1.54, 1.807) is 9.36 Å². The number of aryl methyl sites for hydroxylation is 2. The Hall–Kier alpha value is -2.06. The van der Waals surface area contributed by atoms with Gasteiger partial charge in [-0.15, -0.1) is 0 Å². The highest BCUT2D eigenvalue weighted by atomic mass is 32.1. The molecule has 0 radical (unpaired) electrons. The summed E-state index contributed by atoms with van der Waals surface area (Å²) < 4.78 is 9.10. The van der Waals surface area contributed by atoms with Crippen LogP contribution in [0.15, 0.2) is 18.2 Å². The predicted octanol–water partition coefficient (Wildman–Crippen LogP) is 2.65. The Balaban J connectivity index is 1.74. The van der Waals surface area contributed by atoms with Crippen molar-refractivity contribution in [1.82, 2.24) is 24.7 Å². The van der Waals surface area contributed by atoms with Crippen LogP contribution in [-0.2, 0) is 16.2 Å². The van der Waals surface area contributed by atoms with E-state index in [4.69, 9.17) is 17.0 Å². The standard InChI is InChI=1S/C18H25N5O2S/c1-4-25-17(24)15-6-5-7-21(11-15)12-22-18(26)23(20-19-22)16-9-13(2)8-14(3)10-16/h8-10,15H,4-7,11-12H2,1-3H3/t15-/m0/s1. The number of rotatable bonds is 5. The fraction of sp³-hybridized carbons (Fsp3) is 0.556. The Kier molecular flexibility index (Phi) is 5.83. The highest BCUT2D eigenvalue weighted by Gasteiger charge is 2.27. The van der Waals surface area contributed by atoms with Gasteiger partial charge in [-0.2, -0.15) is 4.68 Å². The van der Waals surface area contributed by atoms with E-state index in [0.717, 1.165) is 36.2 Å². The van der Waals surface area contributed by atoms with Crippen molar-refractivity contribution in [3.63, 3.8) is 0 Å². The van der Waals surface area contributed by atoms with Crippen LogP contribution >= 0.6 is 12.2 Å². The van der Waals surface area contributed by atoms with Gasteiger partial charge in [0.1, 0.15) is 0 Å². The summed E-state index contributed by atoms with van der Waals surface area (Å²) in [5.41, 5.74) is 3.23. The van der Waals surface area contributed by atoms with Crippen molar-refractivity contribution in [1.29, 1.82) is 0 Å². The minimum atomic E-state index is -0.111. The van der Waals surface area contributed by atoms with Crippen molar-refractivity contribution < 1.29 is 9.53 Å². The molecule has 1 aromatic carbocycles. The minimum absolute atomic E-state index is 0.0765. The average Bonchev–Trinajstić information content (AvgIpc) is 2.95. The second kappa shape index (κ2) is 8.09. The maximum Gasteiger partial charge on any atom is 0.310 e. The second-order valence-corrected chi connectivity index (χ2v) is 7.19. The number of esters is 1. The molecule has 1 fully saturated rings. The van der Waals surface area contributed by atoms with Gasteiger partial charge in [0.2, 0.25) is 4.77 Å². The monoisotopic (exact) mass is 375 g/mol. The number of tetrazole rings is 1. The molecule has 0 saturated carbocycles. The van der Waals surface area contributed by atoms with Crippen LogP contribution in [-0.4, -0.2) is 50.4 Å². The Morgan fingerprint density at radius 1 is 1.27 bits per heavy atom. The second-order valence-electron chi connectivity index (χ2n) is 6.83. The van der Waals surface area contributed by atoms with E-state index in [1.165, 1.54) is 0 Å². The first-order chi connectivity index (χ1) is 12.5. The maximum atomic E-state index is 12.0. The molecule has 0 bridgehead atoms. The number of ether oxygens (including phenoxy) is 1. The molecule has 7 nitrogen and oxygen atoms in total. The van der Waals surface area contributed by atoms with Crippen molar-refractivity contribution in [3.05, 3.63) is 34.1 Å². The fourth-order valence-electron chi connectivity index (χ4n) is 3.42. The molecule has 0 aliphatic carbocycles. The Labute approximate surface area is 158 Å². The molecule has 3 rings (SSSR count). The van der Waals surface area contributed by atoms with Gasteiger partial charge in [-0.25, -0.2) is 4.68 Å². The molecular formula is C18H25N5O2S. The minimum Gasteiger partial charge on any atom is -0.466 e. The van der Waals surface area contributed by atoms with E-state index >= 15 is 0 Å². The number of piperidine rings is 1. The van der Waals surface area contributed by atoms with Crippen LogP contribution in [0.2, 0.25) is 0 Å². The first kappa shape index (κ1) is 18.7. The zero-order valence-corrected chi connectivity index (χ0v) is 16.3. The molecule has 26 heavy (non-hydrogen) atoms. The molecule has 1 aliphatic rings. The number of nitrogens with zero attached hydrogens (tertiary/aromatic N) is 5. The molecular weight excluding hydrogens is 350 g/mol. The van der Waals surface area contributed by atoms with Crippen LogP contribution in [0.25, 0.3) is 5.69 Å². The average molecular weight is 375 g/mol. The molecule has 0 unspecified atom stereocenters. The van der Waals surface area contributed by atoms with E-state index < -0.39 is 0 Å². The molecule has 2 aromatic rings. The van der Waals surface area contributed by atoms with Gasteiger partial charge >= 0.3 is 5.97 Å². The molecule has 8 heteroatoms. The Morgan fingerprint density at radius 3 is 2.69 bits per heavy atom. The molecule has 1 saturated heterocycles. The topological polar surface area (TPSA) is 65.2 Å².